The lowest BCUT2D eigenvalue weighted by molar-refractivity contribution is -0.126. The Kier molecular flexibility index (Phi) is 72.5. The number of hydrogen-bond acceptors (Lipinski definition) is 16. The number of amides is 10. The predicted octanol–water partition coefficient (Wildman–Crippen LogP) is 0.962. The molecule has 462 valence electrons. The van der Waals surface area contributed by atoms with Gasteiger partial charge in [-0.05, 0) is 69.7 Å². The van der Waals surface area contributed by atoms with Crippen LogP contribution in [0.5, 0.6) is 0 Å². The lowest BCUT2D eigenvalue weighted by Gasteiger charge is -2.10. The standard InChI is InChI=1S/C9H11NO.C8H10N2O.C6H12N2O2.C6H14N2O.C6H13NO.C5H11N.C4H8N2O2.C4H6N2O.C4H9NO2.C3H7N/c1-8(11)10-7-9-5-3-2-4-6-9;1-7(11)10-6-8-2-4-9-5-3-8;1-3-5(6(7)10)8-4(2)9;1-6(9)7-4-5-8(2)3;1-3-4-5-7-6(2)8;1-5(2)6(3)4;1-3(7)6-2-4(5)8;1-4(7)6-3-2-5;1-4(7)5-2-3-6;1-3(2)4/h2-6H,7H2,1H3,(H,10,11);2-5H,6H2,1H3,(H,10,11);5H,3H2,1-2H3,(H2,7,10)(H,8,9);4-5H2,1-3H3,(H,7,9);3-5H2,1-2H3,(H,7,8);1H2,2-4H3;2H2,1H3,(H2,5,8)(H,6,7);3H2,1H3,(H,6,7);6H,2-3H2,1H3,(H,5,7);1,4H2,2H3. The average Bonchev–Trinajstić information content (AvgIpc) is 3.36. The summed E-state index contributed by atoms with van der Waals surface area (Å²) in [5, 5.41) is 36.1. The lowest BCUT2D eigenvalue weighted by atomic mass is 10.2. The van der Waals surface area contributed by atoms with Crippen LogP contribution in [0.25, 0.3) is 0 Å². The van der Waals surface area contributed by atoms with Gasteiger partial charge in [0, 0.05) is 127 Å². The highest BCUT2D eigenvalue weighted by molar-refractivity contribution is 5.85. The summed E-state index contributed by atoms with van der Waals surface area (Å²) in [4.78, 5) is 110. The number of primary amides is 2. The Morgan fingerprint density at radius 1 is 0.593 bits per heavy atom. The quantitative estimate of drug-likeness (QED) is 0.0689. The fourth-order valence-corrected chi connectivity index (χ4v) is 3.67. The Morgan fingerprint density at radius 3 is 1.22 bits per heavy atom. The van der Waals surface area contributed by atoms with Crippen LogP contribution in [-0.2, 0) is 61.0 Å². The number of nitriles is 1. The van der Waals surface area contributed by atoms with Crippen LogP contribution >= 0.6 is 0 Å². The zero-order chi connectivity index (χ0) is 64.7. The molecule has 26 nitrogen and oxygen atoms in total. The molecule has 0 aliphatic heterocycles. The first-order chi connectivity index (χ1) is 37.6. The van der Waals surface area contributed by atoms with Crippen molar-refractivity contribution in [3.8, 4) is 6.07 Å². The van der Waals surface area contributed by atoms with Gasteiger partial charge in [0.25, 0.3) is 0 Å². The van der Waals surface area contributed by atoms with Crippen LogP contribution in [0.2, 0.25) is 0 Å². The second-order valence-electron chi connectivity index (χ2n) is 17.0. The molecule has 0 fully saturated rings. The van der Waals surface area contributed by atoms with Gasteiger partial charge in [-0.15, -0.1) is 0 Å². The van der Waals surface area contributed by atoms with E-state index >= 15 is 0 Å². The Balaban J connectivity index is -0.000000123. The largest absolute Gasteiger partial charge is 0.403 e. The molecule has 10 amide bonds. The van der Waals surface area contributed by atoms with E-state index in [1.165, 1.54) is 55.4 Å². The van der Waals surface area contributed by atoms with Gasteiger partial charge >= 0.3 is 0 Å². The van der Waals surface area contributed by atoms with E-state index in [0.29, 0.717) is 31.8 Å². The highest BCUT2D eigenvalue weighted by atomic mass is 16.3. The molecule has 1 aromatic carbocycles. The number of nitrogens with zero attached hydrogens (tertiary/aromatic N) is 4. The van der Waals surface area contributed by atoms with Gasteiger partial charge in [-0.25, -0.2) is 0 Å². The summed E-state index contributed by atoms with van der Waals surface area (Å²) >= 11 is 0. The number of hydrogen-bond donors (Lipinski definition) is 12. The van der Waals surface area contributed by atoms with Crippen molar-refractivity contribution in [2.45, 2.75) is 121 Å². The van der Waals surface area contributed by atoms with Crippen molar-refractivity contribution >= 4 is 59.1 Å². The van der Waals surface area contributed by atoms with Crippen LogP contribution < -0.4 is 59.7 Å². The van der Waals surface area contributed by atoms with Gasteiger partial charge < -0.3 is 74.6 Å². The molecular formula is C55H101N15O11. The first-order valence-electron chi connectivity index (χ1n) is 25.4. The third kappa shape index (κ3) is 112. The van der Waals surface area contributed by atoms with E-state index in [4.69, 9.17) is 21.8 Å². The Morgan fingerprint density at radius 2 is 0.975 bits per heavy atom. The van der Waals surface area contributed by atoms with Crippen molar-refractivity contribution in [3.63, 3.8) is 0 Å². The zero-order valence-corrected chi connectivity index (χ0v) is 51.2. The number of carbonyl (C=O) groups is 10. The third-order valence-electron chi connectivity index (χ3n) is 7.82. The van der Waals surface area contributed by atoms with Crippen LogP contribution in [0, 0.1) is 11.3 Å². The molecule has 81 heavy (non-hydrogen) atoms. The van der Waals surface area contributed by atoms with Crippen LogP contribution in [0.15, 0.2) is 79.4 Å². The Hall–Kier alpha value is -8.44. The second-order valence-corrected chi connectivity index (χ2v) is 17.0. The number of benzene rings is 1. The van der Waals surface area contributed by atoms with E-state index in [1.807, 2.05) is 87.4 Å². The number of aliphatic hydroxyl groups is 1. The smallest absolute Gasteiger partial charge is 0.239 e. The molecule has 2 rings (SSSR count). The molecule has 0 aliphatic carbocycles. The number of unbranched alkanes of at least 4 members (excludes halogenated alkanes) is 1. The molecule has 1 unspecified atom stereocenters. The molecule has 1 atom stereocenters. The predicted molar refractivity (Wildman–Crippen MR) is 319 cm³/mol. The van der Waals surface area contributed by atoms with Gasteiger partial charge in [-0.2, -0.15) is 5.26 Å². The molecule has 0 saturated heterocycles. The molecule has 0 radical (unpaired) electrons. The lowest BCUT2D eigenvalue weighted by Crippen LogP contribution is -2.42. The minimum Gasteiger partial charge on any atom is -0.403 e. The van der Waals surface area contributed by atoms with E-state index in [0.717, 1.165) is 49.3 Å². The number of likely N-dealkylation sites (N-methyl/N-ethyl adjacent to an activating group) is 1. The summed E-state index contributed by atoms with van der Waals surface area (Å²) in [5.74, 6) is -1.66. The summed E-state index contributed by atoms with van der Waals surface area (Å²) in [6.45, 7) is 30.2. The molecule has 1 heterocycles. The van der Waals surface area contributed by atoms with Gasteiger partial charge in [0.15, 0.2) is 0 Å². The minimum absolute atomic E-state index is 0.00820. The zero-order valence-electron chi connectivity index (χ0n) is 51.2. The summed E-state index contributed by atoms with van der Waals surface area (Å²) in [5.41, 5.74) is 18.5. The SMILES string of the molecule is C=C(C)N.C=C(C)N(C)C.CC(=O)NCC#N.CC(=O)NCC(N)=O.CC(=O)NCCN(C)C.CC(=O)NCCO.CC(=O)NCc1ccccc1.CC(=O)NCc1ccncc1.CCC(NC(C)=O)C(N)=O.CCCCNC(C)=O. The van der Waals surface area contributed by atoms with Crippen molar-refractivity contribution in [1.29, 1.82) is 5.26 Å². The summed E-state index contributed by atoms with van der Waals surface area (Å²) < 4.78 is 0. The summed E-state index contributed by atoms with van der Waals surface area (Å²) in [6, 6.07) is 14.8. The topological polar surface area (TPSA) is 408 Å². The molecular weight excluding hydrogens is 1050 g/mol. The number of aliphatic hydroxyl groups excluding tert-OH is 1. The van der Waals surface area contributed by atoms with Gasteiger partial charge in [0.05, 0.1) is 19.2 Å². The molecule has 0 bridgehead atoms. The Labute approximate surface area is 482 Å². The number of rotatable bonds is 19. The van der Waals surface area contributed by atoms with Crippen molar-refractivity contribution in [2.24, 2.45) is 17.2 Å². The van der Waals surface area contributed by atoms with E-state index < -0.39 is 17.9 Å². The van der Waals surface area contributed by atoms with E-state index in [-0.39, 0.29) is 67.0 Å². The molecule has 0 saturated carbocycles. The first kappa shape index (κ1) is 89.1. The molecule has 0 aliphatic rings. The maximum absolute atomic E-state index is 10.5. The van der Waals surface area contributed by atoms with Gasteiger partial charge in [-0.3, -0.25) is 52.9 Å². The fourth-order valence-electron chi connectivity index (χ4n) is 3.67. The Bertz CT molecular complexity index is 1980. The van der Waals surface area contributed by atoms with Crippen molar-refractivity contribution in [3.05, 3.63) is 90.5 Å². The molecule has 15 N–H and O–H groups in total. The van der Waals surface area contributed by atoms with Crippen LogP contribution in [-0.4, -0.2) is 159 Å². The normalized spacial score (nSPS) is 8.95. The first-order valence-corrected chi connectivity index (χ1v) is 25.4. The molecule has 0 spiro atoms. The number of carbonyl (C=O) groups excluding carboxylic acids is 10. The molecule has 2 aromatic rings. The van der Waals surface area contributed by atoms with E-state index in [9.17, 15) is 47.9 Å². The highest BCUT2D eigenvalue weighted by Crippen LogP contribution is 1.97. The second kappa shape index (κ2) is 65.8. The van der Waals surface area contributed by atoms with E-state index in [2.05, 4.69) is 73.3 Å². The maximum atomic E-state index is 10.5. The van der Waals surface area contributed by atoms with Gasteiger partial charge in [0.1, 0.15) is 12.6 Å². The van der Waals surface area contributed by atoms with Crippen molar-refractivity contribution in [2.75, 3.05) is 74.1 Å². The molecule has 26 heteroatoms. The van der Waals surface area contributed by atoms with Crippen LogP contribution in [0.1, 0.15) is 113 Å². The van der Waals surface area contributed by atoms with Crippen molar-refractivity contribution < 1.29 is 53.1 Å². The van der Waals surface area contributed by atoms with Crippen LogP contribution in [0.4, 0.5) is 0 Å². The fraction of sp³-hybridized carbons (Fsp3) is 0.527. The summed E-state index contributed by atoms with van der Waals surface area (Å²) in [7, 11) is 7.90. The van der Waals surface area contributed by atoms with Crippen LogP contribution in [0.3, 0.4) is 0 Å². The van der Waals surface area contributed by atoms with E-state index in [1.54, 1.807) is 32.3 Å². The number of nitrogens with two attached hydrogens (primary N) is 3. The van der Waals surface area contributed by atoms with Crippen molar-refractivity contribution in [1.82, 2.24) is 57.3 Å². The number of pyridine rings is 1. The van der Waals surface area contributed by atoms with Gasteiger partial charge in [-0.1, -0.05) is 63.8 Å². The highest BCUT2D eigenvalue weighted by Gasteiger charge is 2.12. The summed E-state index contributed by atoms with van der Waals surface area (Å²) in [6.07, 6.45) is 6.17. The number of nitrogens with one attached hydrogen (secondary N) is 8. The van der Waals surface area contributed by atoms with Gasteiger partial charge in [0.2, 0.25) is 59.1 Å². The third-order valence-corrected chi connectivity index (χ3v) is 7.82. The number of aromatic nitrogens is 1. The number of allylic oxidation sites excluding steroid dienone is 2. The minimum atomic E-state index is -0.528. The molecule has 1 aromatic heterocycles. The maximum Gasteiger partial charge on any atom is 0.239 e. The average molecular weight is 1150 g/mol. The monoisotopic (exact) mass is 1150 g/mol.